The average Bonchev–Trinajstić information content (AvgIpc) is 3.07. The fourth-order valence-electron chi connectivity index (χ4n) is 3.45. The maximum absolute atomic E-state index is 10.3. The summed E-state index contributed by atoms with van der Waals surface area (Å²) in [6.07, 6.45) is 1.02. The molecule has 1 aliphatic heterocycles. The topological polar surface area (TPSA) is 55.4 Å². The number of phenols is 1. The van der Waals surface area contributed by atoms with Crippen LogP contribution in [0.3, 0.4) is 0 Å². The Bertz CT molecular complexity index is 966. The number of piperazine rings is 1. The van der Waals surface area contributed by atoms with E-state index in [9.17, 15) is 5.11 Å². The standard InChI is InChI=1S/C20H22BrClN4O/c1-25-6-8-26(9-7-25)5-4-13-2-3-17-18(10-13)24-20(23-17)15-11-14(22)12-16(21)19(15)27/h2-3,10-12,27H,4-9H2,1H3,(H,23,24). The van der Waals surface area contributed by atoms with Gasteiger partial charge in [0.05, 0.1) is 21.1 Å². The zero-order chi connectivity index (χ0) is 19.0. The molecule has 2 N–H and O–H groups in total. The highest BCUT2D eigenvalue weighted by Crippen LogP contribution is 2.37. The van der Waals surface area contributed by atoms with Crippen LogP contribution in [0, 0.1) is 0 Å². The minimum atomic E-state index is 0.133. The van der Waals surface area contributed by atoms with E-state index >= 15 is 0 Å². The summed E-state index contributed by atoms with van der Waals surface area (Å²) >= 11 is 9.46. The van der Waals surface area contributed by atoms with Crippen molar-refractivity contribution in [3.63, 3.8) is 0 Å². The molecule has 2 heterocycles. The molecule has 0 spiro atoms. The molecule has 0 amide bonds. The molecule has 0 bridgehead atoms. The molecule has 7 heteroatoms. The number of H-pyrrole nitrogens is 1. The quantitative estimate of drug-likeness (QED) is 0.628. The van der Waals surface area contributed by atoms with Crippen LogP contribution < -0.4 is 0 Å². The van der Waals surface area contributed by atoms with Crippen molar-refractivity contribution in [1.29, 1.82) is 0 Å². The number of fused-ring (bicyclic) bond motifs is 1. The predicted molar refractivity (Wildman–Crippen MR) is 114 cm³/mol. The molecule has 27 heavy (non-hydrogen) atoms. The SMILES string of the molecule is CN1CCN(CCc2ccc3nc(-c4cc(Cl)cc(Br)c4O)[nH]c3c2)CC1. The molecule has 0 unspecified atom stereocenters. The van der Waals surface area contributed by atoms with Crippen molar-refractivity contribution in [2.24, 2.45) is 0 Å². The number of hydrogen-bond acceptors (Lipinski definition) is 4. The third-order valence-electron chi connectivity index (χ3n) is 5.14. The van der Waals surface area contributed by atoms with Gasteiger partial charge in [-0.05, 0) is 59.2 Å². The largest absolute Gasteiger partial charge is 0.506 e. The molecule has 4 rings (SSSR count). The number of aromatic hydroxyl groups is 1. The van der Waals surface area contributed by atoms with Gasteiger partial charge in [-0.15, -0.1) is 0 Å². The van der Waals surface area contributed by atoms with Crippen LogP contribution in [0.25, 0.3) is 22.4 Å². The Balaban J connectivity index is 1.54. The fraction of sp³-hybridized carbons (Fsp3) is 0.350. The molecule has 0 saturated carbocycles. The fourth-order valence-corrected chi connectivity index (χ4v) is 4.26. The molecule has 0 aliphatic carbocycles. The summed E-state index contributed by atoms with van der Waals surface area (Å²) in [5, 5.41) is 10.9. The van der Waals surface area contributed by atoms with Crippen molar-refractivity contribution in [3.8, 4) is 17.1 Å². The second-order valence-electron chi connectivity index (χ2n) is 7.12. The first-order valence-corrected chi connectivity index (χ1v) is 10.2. The van der Waals surface area contributed by atoms with E-state index in [0.717, 1.165) is 50.2 Å². The third kappa shape index (κ3) is 4.14. The van der Waals surface area contributed by atoms with Crippen LogP contribution in [-0.4, -0.2) is 64.6 Å². The summed E-state index contributed by atoms with van der Waals surface area (Å²) in [7, 11) is 2.18. The molecular weight excluding hydrogens is 428 g/mol. The highest BCUT2D eigenvalue weighted by molar-refractivity contribution is 9.10. The number of hydrogen-bond donors (Lipinski definition) is 2. The summed E-state index contributed by atoms with van der Waals surface area (Å²) in [4.78, 5) is 12.8. The zero-order valence-electron chi connectivity index (χ0n) is 15.2. The van der Waals surface area contributed by atoms with Crippen LogP contribution in [0.2, 0.25) is 5.02 Å². The normalized spacial score (nSPS) is 16.3. The summed E-state index contributed by atoms with van der Waals surface area (Å²) in [6.45, 7) is 5.62. The average molecular weight is 450 g/mol. The highest BCUT2D eigenvalue weighted by atomic mass is 79.9. The van der Waals surface area contributed by atoms with Crippen LogP contribution >= 0.6 is 27.5 Å². The third-order valence-corrected chi connectivity index (χ3v) is 5.96. The van der Waals surface area contributed by atoms with Crippen LogP contribution in [0.5, 0.6) is 5.75 Å². The molecule has 142 valence electrons. The molecule has 5 nitrogen and oxygen atoms in total. The van der Waals surface area contributed by atoms with E-state index in [4.69, 9.17) is 11.6 Å². The molecule has 1 fully saturated rings. The molecule has 3 aromatic rings. The summed E-state index contributed by atoms with van der Waals surface area (Å²) < 4.78 is 0.554. The van der Waals surface area contributed by atoms with Gasteiger partial charge in [0.1, 0.15) is 11.6 Å². The lowest BCUT2D eigenvalue weighted by atomic mass is 10.1. The maximum atomic E-state index is 10.3. The number of likely N-dealkylation sites (N-methyl/N-ethyl adjacent to an activating group) is 1. The monoisotopic (exact) mass is 448 g/mol. The number of halogens is 2. The Morgan fingerprint density at radius 2 is 1.96 bits per heavy atom. The van der Waals surface area contributed by atoms with Crippen LogP contribution in [-0.2, 0) is 6.42 Å². The number of aromatic nitrogens is 2. The van der Waals surface area contributed by atoms with Gasteiger partial charge in [0, 0.05) is 37.7 Å². The predicted octanol–water partition coefficient (Wildman–Crippen LogP) is 4.14. The van der Waals surface area contributed by atoms with Crippen LogP contribution in [0.1, 0.15) is 5.56 Å². The number of nitrogens with zero attached hydrogens (tertiary/aromatic N) is 3. The van der Waals surface area contributed by atoms with Crippen LogP contribution in [0.4, 0.5) is 0 Å². The first-order valence-electron chi connectivity index (χ1n) is 9.07. The van der Waals surface area contributed by atoms with Gasteiger partial charge in [-0.3, -0.25) is 0 Å². The first kappa shape index (κ1) is 18.7. The second-order valence-corrected chi connectivity index (χ2v) is 8.41. The van der Waals surface area contributed by atoms with Crippen molar-refractivity contribution < 1.29 is 5.11 Å². The zero-order valence-corrected chi connectivity index (χ0v) is 17.5. The molecule has 1 aromatic heterocycles. The summed E-state index contributed by atoms with van der Waals surface area (Å²) in [5.74, 6) is 0.746. The number of imidazole rings is 1. The van der Waals surface area contributed by atoms with E-state index in [-0.39, 0.29) is 5.75 Å². The lowest BCUT2D eigenvalue weighted by molar-refractivity contribution is 0.155. The van der Waals surface area contributed by atoms with E-state index in [1.807, 2.05) is 6.07 Å². The molecule has 0 radical (unpaired) electrons. The van der Waals surface area contributed by atoms with Crippen molar-refractivity contribution >= 4 is 38.6 Å². The van der Waals surface area contributed by atoms with E-state index in [1.165, 1.54) is 5.56 Å². The number of nitrogens with one attached hydrogen (secondary N) is 1. The summed E-state index contributed by atoms with van der Waals surface area (Å²) in [5.41, 5.74) is 3.72. The molecule has 1 aliphatic rings. The Morgan fingerprint density at radius 3 is 2.74 bits per heavy atom. The van der Waals surface area contributed by atoms with Gasteiger partial charge in [-0.2, -0.15) is 0 Å². The van der Waals surface area contributed by atoms with E-state index in [0.29, 0.717) is 20.9 Å². The maximum Gasteiger partial charge on any atom is 0.142 e. The van der Waals surface area contributed by atoms with Crippen molar-refractivity contribution in [3.05, 3.63) is 45.4 Å². The Kier molecular flexibility index (Phi) is 5.41. The summed E-state index contributed by atoms with van der Waals surface area (Å²) in [6, 6.07) is 9.70. The minimum absolute atomic E-state index is 0.133. The highest BCUT2D eigenvalue weighted by Gasteiger charge is 2.15. The Morgan fingerprint density at radius 1 is 1.19 bits per heavy atom. The van der Waals surface area contributed by atoms with Gasteiger partial charge in [0.25, 0.3) is 0 Å². The van der Waals surface area contributed by atoms with Crippen molar-refractivity contribution in [1.82, 2.24) is 19.8 Å². The van der Waals surface area contributed by atoms with E-state index in [1.54, 1.807) is 12.1 Å². The number of phenolic OH excluding ortho intramolecular Hbond substituents is 1. The van der Waals surface area contributed by atoms with Gasteiger partial charge in [0.15, 0.2) is 0 Å². The Labute approximate surface area is 172 Å². The van der Waals surface area contributed by atoms with Gasteiger partial charge in [-0.25, -0.2) is 4.98 Å². The first-order chi connectivity index (χ1) is 13.0. The number of benzene rings is 2. The van der Waals surface area contributed by atoms with E-state index < -0.39 is 0 Å². The minimum Gasteiger partial charge on any atom is -0.506 e. The lowest BCUT2D eigenvalue weighted by Gasteiger charge is -2.32. The Hall–Kier alpha value is -1.60. The van der Waals surface area contributed by atoms with Crippen molar-refractivity contribution in [2.75, 3.05) is 39.8 Å². The number of rotatable bonds is 4. The van der Waals surface area contributed by atoms with Gasteiger partial charge in [-0.1, -0.05) is 17.7 Å². The van der Waals surface area contributed by atoms with Crippen molar-refractivity contribution in [2.45, 2.75) is 6.42 Å². The molecule has 2 aromatic carbocycles. The van der Waals surface area contributed by atoms with Gasteiger partial charge < -0.3 is 19.9 Å². The molecule has 0 atom stereocenters. The van der Waals surface area contributed by atoms with Gasteiger partial charge in [0.2, 0.25) is 0 Å². The molecular formula is C20H22BrClN4O. The second kappa shape index (κ2) is 7.80. The smallest absolute Gasteiger partial charge is 0.142 e. The van der Waals surface area contributed by atoms with Crippen LogP contribution in [0.15, 0.2) is 34.8 Å². The van der Waals surface area contributed by atoms with Gasteiger partial charge >= 0.3 is 0 Å². The lowest BCUT2D eigenvalue weighted by Crippen LogP contribution is -2.45. The van der Waals surface area contributed by atoms with E-state index in [2.05, 4.69) is 54.9 Å². The molecule has 1 saturated heterocycles. The number of aromatic amines is 1.